The number of hydrogen-bond acceptors (Lipinski definition) is 3. The summed E-state index contributed by atoms with van der Waals surface area (Å²) < 4.78 is 0. The predicted molar refractivity (Wildman–Crippen MR) is 42.6 cm³/mol. The lowest BCUT2D eigenvalue weighted by atomic mass is 10.2. The Bertz CT molecular complexity index is 117. The summed E-state index contributed by atoms with van der Waals surface area (Å²) in [7, 11) is -2.04. The summed E-state index contributed by atoms with van der Waals surface area (Å²) in [6, 6.07) is 0. The van der Waals surface area contributed by atoms with E-state index in [1.54, 1.807) is 0 Å². The molecule has 0 unspecified atom stereocenters. The first kappa shape index (κ1) is 10.1. The van der Waals surface area contributed by atoms with Gasteiger partial charge in [-0.05, 0) is 5.04 Å². The zero-order valence-corrected chi connectivity index (χ0v) is 8.34. The lowest BCUT2D eigenvalue weighted by Gasteiger charge is -2.38. The molecule has 0 atom stereocenters. The summed E-state index contributed by atoms with van der Waals surface area (Å²) in [6.45, 7) is 9.86. The van der Waals surface area contributed by atoms with Crippen molar-refractivity contribution in [3.63, 3.8) is 0 Å². The van der Waals surface area contributed by atoms with E-state index < -0.39 is 8.24 Å². The number of nitrogens with zero attached hydrogens (tertiary/aromatic N) is 1. The van der Waals surface area contributed by atoms with Crippen molar-refractivity contribution >= 4 is 8.24 Å². The fraction of sp³-hybridized carbons (Fsp3) is 1.00. The molecular weight excluding hydrogens is 146 g/mol. The van der Waals surface area contributed by atoms with E-state index in [2.05, 4.69) is 0 Å². The summed E-state index contributed by atoms with van der Waals surface area (Å²) in [5.74, 6) is 0. The maximum atomic E-state index is 8.87. The first-order chi connectivity index (χ1) is 4.19. The van der Waals surface area contributed by atoms with Crippen molar-refractivity contribution in [1.82, 2.24) is 4.89 Å². The van der Waals surface area contributed by atoms with E-state index in [0.717, 1.165) is 0 Å². The average Bonchev–Trinajstić information content (AvgIpc) is 1.62. The van der Waals surface area contributed by atoms with Crippen LogP contribution in [0.25, 0.3) is 0 Å². The van der Waals surface area contributed by atoms with Gasteiger partial charge in [-0.25, -0.2) is 0 Å². The fourth-order valence-electron chi connectivity index (χ4n) is 0.300. The highest BCUT2D eigenvalue weighted by Crippen LogP contribution is 2.36. The van der Waals surface area contributed by atoms with Crippen LogP contribution in [0.2, 0.25) is 18.1 Å². The van der Waals surface area contributed by atoms with E-state index >= 15 is 0 Å². The Kier molecular flexibility index (Phi) is 2.64. The van der Waals surface area contributed by atoms with E-state index in [9.17, 15) is 0 Å². The molecule has 0 saturated carbocycles. The van der Waals surface area contributed by atoms with Gasteiger partial charge in [-0.15, -0.1) is 4.89 Å². The van der Waals surface area contributed by atoms with Gasteiger partial charge in [0, 0.05) is 0 Å². The molecule has 0 aromatic rings. The van der Waals surface area contributed by atoms with Crippen molar-refractivity contribution < 1.29 is 10.4 Å². The van der Waals surface area contributed by atoms with E-state index in [1.807, 2.05) is 33.9 Å². The first-order valence-electron chi connectivity index (χ1n) is 3.37. The minimum absolute atomic E-state index is 0.0174. The van der Waals surface area contributed by atoms with Crippen LogP contribution in [0.3, 0.4) is 0 Å². The van der Waals surface area contributed by atoms with Crippen LogP contribution in [0.1, 0.15) is 20.8 Å². The molecular formula is C6H17NO2Si. The summed E-state index contributed by atoms with van der Waals surface area (Å²) in [5.41, 5.74) is 0. The molecule has 0 aliphatic carbocycles. The van der Waals surface area contributed by atoms with Crippen LogP contribution in [0.5, 0.6) is 0 Å². The van der Waals surface area contributed by atoms with Crippen molar-refractivity contribution in [3.05, 3.63) is 0 Å². The van der Waals surface area contributed by atoms with Crippen LogP contribution in [-0.2, 0) is 0 Å². The monoisotopic (exact) mass is 163 g/mol. The molecule has 0 aliphatic rings. The third-order valence-electron chi connectivity index (χ3n) is 2.34. The molecule has 62 valence electrons. The molecule has 0 aliphatic heterocycles. The van der Waals surface area contributed by atoms with Gasteiger partial charge in [-0.3, -0.25) is 10.4 Å². The van der Waals surface area contributed by atoms with E-state index in [0.29, 0.717) is 4.89 Å². The van der Waals surface area contributed by atoms with Crippen molar-refractivity contribution in [2.24, 2.45) is 0 Å². The van der Waals surface area contributed by atoms with Gasteiger partial charge in [0.05, 0.1) is 0 Å². The summed E-state index contributed by atoms with van der Waals surface area (Å²) in [4.78, 5) is 0.410. The largest absolute Gasteiger partial charge is 0.297 e. The van der Waals surface area contributed by atoms with Gasteiger partial charge in [0.15, 0.2) is 8.24 Å². The maximum Gasteiger partial charge on any atom is 0.196 e. The highest BCUT2D eigenvalue weighted by molar-refractivity contribution is 6.76. The maximum absolute atomic E-state index is 8.87. The molecule has 0 spiro atoms. The molecule has 4 heteroatoms. The van der Waals surface area contributed by atoms with Crippen molar-refractivity contribution in [2.75, 3.05) is 0 Å². The molecule has 0 bridgehead atoms. The summed E-state index contributed by atoms with van der Waals surface area (Å²) in [5, 5.41) is 17.7. The van der Waals surface area contributed by atoms with Crippen molar-refractivity contribution in [2.45, 2.75) is 38.9 Å². The number of hydrogen-bond donors (Lipinski definition) is 2. The van der Waals surface area contributed by atoms with Crippen LogP contribution < -0.4 is 0 Å². The van der Waals surface area contributed by atoms with Crippen LogP contribution in [0, 0.1) is 0 Å². The van der Waals surface area contributed by atoms with Crippen LogP contribution in [0.4, 0.5) is 0 Å². The molecule has 3 nitrogen and oxygen atoms in total. The lowest BCUT2D eigenvalue weighted by molar-refractivity contribution is -0.243. The van der Waals surface area contributed by atoms with Gasteiger partial charge in [-0.2, -0.15) is 0 Å². The molecule has 0 rings (SSSR count). The Labute approximate surface area is 63.3 Å². The fourth-order valence-corrected chi connectivity index (χ4v) is 0.900. The molecule has 0 saturated heterocycles. The molecule has 0 aromatic carbocycles. The topological polar surface area (TPSA) is 43.7 Å². The highest BCUT2D eigenvalue weighted by Gasteiger charge is 2.41. The normalized spacial score (nSPS) is 14.4. The third-order valence-corrected chi connectivity index (χ3v) is 7.01. The van der Waals surface area contributed by atoms with Gasteiger partial charge in [0.25, 0.3) is 0 Å². The molecule has 2 N–H and O–H groups in total. The van der Waals surface area contributed by atoms with E-state index in [-0.39, 0.29) is 5.04 Å². The smallest absolute Gasteiger partial charge is 0.196 e. The zero-order chi connectivity index (χ0) is 8.58. The molecule has 10 heavy (non-hydrogen) atoms. The number of rotatable bonds is 1. The Morgan fingerprint density at radius 2 is 1.40 bits per heavy atom. The van der Waals surface area contributed by atoms with Crippen LogP contribution in [0.15, 0.2) is 0 Å². The standard InChI is InChI=1S/C6H17NO2Si/c1-6(2,3)10(4,5)7(8)9/h8-9H,1-5H3. The Hall–Kier alpha value is 0.0969. The Morgan fingerprint density at radius 1 is 1.10 bits per heavy atom. The Balaban J connectivity index is 4.40. The van der Waals surface area contributed by atoms with Gasteiger partial charge < -0.3 is 0 Å². The van der Waals surface area contributed by atoms with Gasteiger partial charge in [-0.1, -0.05) is 33.9 Å². The average molecular weight is 163 g/mol. The van der Waals surface area contributed by atoms with Gasteiger partial charge in [0.1, 0.15) is 0 Å². The quantitative estimate of drug-likeness (QED) is 0.459. The summed E-state index contributed by atoms with van der Waals surface area (Å²) >= 11 is 0. The molecule has 0 aromatic heterocycles. The summed E-state index contributed by atoms with van der Waals surface area (Å²) in [6.07, 6.45) is 0. The lowest BCUT2D eigenvalue weighted by Crippen LogP contribution is -2.51. The SMILES string of the molecule is CC(C)(C)[Si](C)(C)N(O)O. The zero-order valence-electron chi connectivity index (χ0n) is 7.34. The van der Waals surface area contributed by atoms with Gasteiger partial charge in [0.2, 0.25) is 0 Å². The Morgan fingerprint density at radius 3 is 1.40 bits per heavy atom. The minimum atomic E-state index is -2.04. The molecule has 0 heterocycles. The molecule has 0 amide bonds. The second-order valence-corrected chi connectivity index (χ2v) is 9.12. The molecule has 0 fully saturated rings. The second-order valence-electron chi connectivity index (χ2n) is 4.10. The van der Waals surface area contributed by atoms with Crippen molar-refractivity contribution in [3.8, 4) is 0 Å². The van der Waals surface area contributed by atoms with Crippen molar-refractivity contribution in [1.29, 1.82) is 0 Å². The van der Waals surface area contributed by atoms with E-state index in [4.69, 9.17) is 10.4 Å². The van der Waals surface area contributed by atoms with E-state index in [1.165, 1.54) is 0 Å². The second kappa shape index (κ2) is 2.62. The molecule has 0 radical (unpaired) electrons. The van der Waals surface area contributed by atoms with Crippen LogP contribution >= 0.6 is 0 Å². The highest BCUT2D eigenvalue weighted by atomic mass is 28.3. The predicted octanol–water partition coefficient (Wildman–Crippen LogP) is 2.07. The van der Waals surface area contributed by atoms with Gasteiger partial charge >= 0.3 is 0 Å². The minimum Gasteiger partial charge on any atom is -0.297 e. The van der Waals surface area contributed by atoms with Crippen LogP contribution in [-0.4, -0.2) is 23.5 Å². The first-order valence-corrected chi connectivity index (χ1v) is 6.32. The third kappa shape index (κ3) is 1.79.